The van der Waals surface area contributed by atoms with Crippen LogP contribution in [0.2, 0.25) is 5.02 Å². The van der Waals surface area contributed by atoms with Crippen LogP contribution in [0.25, 0.3) is 0 Å². The summed E-state index contributed by atoms with van der Waals surface area (Å²) in [6.45, 7) is 1.06. The molecular weight excluding hydrogens is 405 g/mol. The van der Waals surface area contributed by atoms with Gasteiger partial charge in [-0.1, -0.05) is 17.7 Å². The fourth-order valence-corrected chi connectivity index (χ4v) is 3.56. The molecule has 0 amide bonds. The topological polar surface area (TPSA) is 96.9 Å². The third-order valence-electron chi connectivity index (χ3n) is 3.76. The molecule has 0 saturated heterocycles. The third kappa shape index (κ3) is 5.52. The normalized spacial score (nSPS) is 11.5. The van der Waals surface area contributed by atoms with Crippen molar-refractivity contribution in [3.8, 4) is 0 Å². The maximum absolute atomic E-state index is 13.2. The Labute approximate surface area is 167 Å². The molecule has 0 saturated carbocycles. The summed E-state index contributed by atoms with van der Waals surface area (Å²) < 4.78 is 40.1. The van der Waals surface area contributed by atoms with Crippen LogP contribution >= 0.6 is 11.6 Å². The van der Waals surface area contributed by atoms with Gasteiger partial charge >= 0.3 is 0 Å². The van der Waals surface area contributed by atoms with Gasteiger partial charge in [0.05, 0.1) is 33.5 Å². The molecule has 0 aliphatic heterocycles. The van der Waals surface area contributed by atoms with E-state index in [-0.39, 0.29) is 16.5 Å². The van der Waals surface area contributed by atoms with Crippen molar-refractivity contribution < 1.29 is 12.8 Å². The van der Waals surface area contributed by atoms with Gasteiger partial charge in [0.1, 0.15) is 5.82 Å². The Hall–Kier alpha value is -2.46. The van der Waals surface area contributed by atoms with Crippen LogP contribution in [0.1, 0.15) is 17.1 Å². The first kappa shape index (κ1) is 20.3. The summed E-state index contributed by atoms with van der Waals surface area (Å²) >= 11 is 5.64. The van der Waals surface area contributed by atoms with E-state index in [1.165, 1.54) is 0 Å². The quantitative estimate of drug-likeness (QED) is 0.579. The molecule has 0 radical (unpaired) electrons. The molecule has 0 atom stereocenters. The number of pyridine rings is 1. The summed E-state index contributed by atoms with van der Waals surface area (Å²) in [6, 6.07) is 12.3. The van der Waals surface area contributed by atoms with Crippen LogP contribution < -0.4 is 10.0 Å². The summed E-state index contributed by atoms with van der Waals surface area (Å²) in [6.07, 6.45) is 1.73. The van der Waals surface area contributed by atoms with Crippen molar-refractivity contribution in [3.63, 3.8) is 0 Å². The lowest BCUT2D eigenvalue weighted by Crippen LogP contribution is -2.24. The van der Waals surface area contributed by atoms with Gasteiger partial charge in [-0.05, 0) is 42.5 Å². The molecule has 0 aliphatic carbocycles. The second-order valence-corrected chi connectivity index (χ2v) is 8.02. The first-order valence-electron chi connectivity index (χ1n) is 8.31. The Morgan fingerprint density at radius 2 is 1.64 bits per heavy atom. The summed E-state index contributed by atoms with van der Waals surface area (Å²) in [5, 5.41) is 11.0. The molecular formula is C18H17ClFN5O2S. The second-order valence-electron chi connectivity index (χ2n) is 5.84. The van der Waals surface area contributed by atoms with E-state index >= 15 is 0 Å². The van der Waals surface area contributed by atoms with Gasteiger partial charge in [0.25, 0.3) is 0 Å². The zero-order valence-corrected chi connectivity index (χ0v) is 16.2. The van der Waals surface area contributed by atoms with E-state index in [0.29, 0.717) is 24.5 Å². The monoisotopic (exact) mass is 421 g/mol. The molecule has 3 rings (SSSR count). The Morgan fingerprint density at radius 1 is 0.929 bits per heavy atom. The van der Waals surface area contributed by atoms with Crippen LogP contribution in [0.5, 0.6) is 0 Å². The highest BCUT2D eigenvalue weighted by Crippen LogP contribution is 2.19. The van der Waals surface area contributed by atoms with E-state index in [1.807, 2.05) is 18.2 Å². The van der Waals surface area contributed by atoms with Crippen LogP contribution in [-0.4, -0.2) is 23.6 Å². The summed E-state index contributed by atoms with van der Waals surface area (Å²) in [5.74, 6) is -0.682. The number of nitrogens with zero attached hydrogens (tertiary/aromatic N) is 3. The summed E-state index contributed by atoms with van der Waals surface area (Å²) in [7, 11) is -3.84. The minimum absolute atomic E-state index is 0.0496. The fourth-order valence-electron chi connectivity index (χ4n) is 2.29. The largest absolute Gasteiger partial charge is 0.305 e. The molecule has 10 heteroatoms. The molecule has 7 nitrogen and oxygen atoms in total. The predicted molar refractivity (Wildman–Crippen MR) is 102 cm³/mol. The van der Waals surface area contributed by atoms with Crippen molar-refractivity contribution in [2.45, 2.75) is 24.5 Å². The SMILES string of the molecule is O=S(=O)(NCc1ccc(CNCc2ccccn2)nn1)c1ccc(F)c(Cl)c1. The number of nitrogens with one attached hydrogen (secondary N) is 2. The van der Waals surface area contributed by atoms with E-state index in [0.717, 1.165) is 23.9 Å². The van der Waals surface area contributed by atoms with Gasteiger partial charge in [-0.2, -0.15) is 10.2 Å². The van der Waals surface area contributed by atoms with Crippen molar-refractivity contribution >= 4 is 21.6 Å². The second kappa shape index (κ2) is 9.16. The van der Waals surface area contributed by atoms with E-state index < -0.39 is 15.8 Å². The minimum Gasteiger partial charge on any atom is -0.305 e. The van der Waals surface area contributed by atoms with Gasteiger partial charge in [-0.3, -0.25) is 4.98 Å². The van der Waals surface area contributed by atoms with Crippen molar-refractivity contribution in [1.82, 2.24) is 25.2 Å². The molecule has 1 aromatic carbocycles. The Balaban J connectivity index is 1.53. The van der Waals surface area contributed by atoms with Crippen LogP contribution in [0, 0.1) is 5.82 Å². The lowest BCUT2D eigenvalue weighted by molar-refractivity contribution is 0.578. The molecule has 28 heavy (non-hydrogen) atoms. The predicted octanol–water partition coefficient (Wildman–Crippen LogP) is 2.43. The number of aromatic nitrogens is 3. The fraction of sp³-hybridized carbons (Fsp3) is 0.167. The van der Waals surface area contributed by atoms with Crippen LogP contribution in [0.4, 0.5) is 4.39 Å². The maximum Gasteiger partial charge on any atom is 0.240 e. The first-order valence-corrected chi connectivity index (χ1v) is 10.2. The average molecular weight is 422 g/mol. The number of benzene rings is 1. The van der Waals surface area contributed by atoms with Crippen molar-refractivity contribution in [2.75, 3.05) is 0 Å². The van der Waals surface area contributed by atoms with Crippen LogP contribution in [0.15, 0.2) is 59.6 Å². The van der Waals surface area contributed by atoms with E-state index in [9.17, 15) is 12.8 Å². The van der Waals surface area contributed by atoms with Crippen molar-refractivity contribution in [3.05, 3.63) is 82.6 Å². The third-order valence-corrected chi connectivity index (χ3v) is 5.45. The van der Waals surface area contributed by atoms with Gasteiger partial charge in [0.15, 0.2) is 0 Å². The van der Waals surface area contributed by atoms with Gasteiger partial charge in [-0.15, -0.1) is 0 Å². The Bertz CT molecular complexity index is 1030. The molecule has 0 bridgehead atoms. The van der Waals surface area contributed by atoms with Gasteiger partial charge in [0, 0.05) is 19.3 Å². The number of hydrogen-bond acceptors (Lipinski definition) is 6. The van der Waals surface area contributed by atoms with Gasteiger partial charge < -0.3 is 5.32 Å². The van der Waals surface area contributed by atoms with Crippen molar-refractivity contribution in [2.24, 2.45) is 0 Å². The standard InChI is InChI=1S/C18H17ClFN5O2S/c19-17-9-16(6-7-18(17)20)28(26,27)23-12-15-5-4-14(24-25-15)11-21-10-13-3-1-2-8-22-13/h1-9,21,23H,10-12H2. The molecule has 2 N–H and O–H groups in total. The number of hydrogen-bond donors (Lipinski definition) is 2. The molecule has 2 aromatic heterocycles. The smallest absolute Gasteiger partial charge is 0.240 e. The van der Waals surface area contributed by atoms with E-state index in [2.05, 4.69) is 25.2 Å². The molecule has 0 aliphatic rings. The zero-order valence-electron chi connectivity index (χ0n) is 14.6. The lowest BCUT2D eigenvalue weighted by Gasteiger charge is -2.08. The Morgan fingerprint density at radius 3 is 2.29 bits per heavy atom. The highest BCUT2D eigenvalue weighted by atomic mass is 35.5. The summed E-state index contributed by atoms with van der Waals surface area (Å²) in [5.41, 5.74) is 2.08. The summed E-state index contributed by atoms with van der Waals surface area (Å²) in [4.78, 5) is 4.09. The number of sulfonamides is 1. The average Bonchev–Trinajstić information content (AvgIpc) is 2.70. The number of halogens is 2. The molecule has 3 aromatic rings. The van der Waals surface area contributed by atoms with Crippen molar-refractivity contribution in [1.29, 1.82) is 0 Å². The van der Waals surface area contributed by atoms with Gasteiger partial charge in [0.2, 0.25) is 10.0 Å². The molecule has 0 unspecified atom stereocenters. The zero-order chi connectivity index (χ0) is 20.0. The van der Waals surface area contributed by atoms with E-state index in [1.54, 1.807) is 18.3 Å². The maximum atomic E-state index is 13.2. The van der Waals surface area contributed by atoms with Gasteiger partial charge in [-0.25, -0.2) is 17.5 Å². The Kier molecular flexibility index (Phi) is 6.63. The van der Waals surface area contributed by atoms with Crippen LogP contribution in [-0.2, 0) is 29.7 Å². The molecule has 0 spiro atoms. The minimum atomic E-state index is -3.84. The van der Waals surface area contributed by atoms with E-state index in [4.69, 9.17) is 11.6 Å². The highest BCUT2D eigenvalue weighted by molar-refractivity contribution is 7.89. The number of rotatable bonds is 8. The lowest BCUT2D eigenvalue weighted by atomic mass is 10.3. The highest BCUT2D eigenvalue weighted by Gasteiger charge is 2.16. The molecule has 0 fully saturated rings. The first-order chi connectivity index (χ1) is 13.4. The van der Waals surface area contributed by atoms with Crippen LogP contribution in [0.3, 0.4) is 0 Å². The molecule has 146 valence electrons. The molecule has 2 heterocycles.